The molecule has 0 unspecified atom stereocenters. The summed E-state index contributed by atoms with van der Waals surface area (Å²) in [6, 6.07) is 4.07. The second kappa shape index (κ2) is 6.55. The average molecular weight is 339 g/mol. The Bertz CT molecular complexity index is 937. The number of anilines is 1. The lowest BCUT2D eigenvalue weighted by atomic mass is 10.1. The van der Waals surface area contributed by atoms with Crippen molar-refractivity contribution in [2.45, 2.75) is 34.6 Å². The molecule has 0 saturated carbocycles. The largest absolute Gasteiger partial charge is 0.467 e. The van der Waals surface area contributed by atoms with Crippen LogP contribution < -0.4 is 10.1 Å². The van der Waals surface area contributed by atoms with Gasteiger partial charge in [0.05, 0.1) is 0 Å². The summed E-state index contributed by atoms with van der Waals surface area (Å²) in [7, 11) is 0. The van der Waals surface area contributed by atoms with Crippen LogP contribution in [0.15, 0.2) is 22.9 Å². The van der Waals surface area contributed by atoms with Crippen molar-refractivity contribution < 1.29 is 13.9 Å². The first-order valence-corrected chi connectivity index (χ1v) is 8.08. The first kappa shape index (κ1) is 17.0. The fraction of sp³-hybridized carbons (Fsp3) is 0.316. The first-order chi connectivity index (χ1) is 11.9. The molecule has 0 aliphatic rings. The number of amides is 1. The van der Waals surface area contributed by atoms with Crippen molar-refractivity contribution >= 4 is 22.7 Å². The smallest absolute Gasteiger partial charge is 0.262 e. The van der Waals surface area contributed by atoms with Crippen molar-refractivity contribution in [2.75, 3.05) is 11.9 Å². The van der Waals surface area contributed by atoms with Gasteiger partial charge >= 0.3 is 0 Å². The third-order valence-corrected chi connectivity index (χ3v) is 4.21. The highest BCUT2D eigenvalue weighted by Crippen LogP contribution is 2.29. The van der Waals surface area contributed by atoms with Crippen LogP contribution in [0.3, 0.4) is 0 Å². The van der Waals surface area contributed by atoms with Crippen molar-refractivity contribution in [3.05, 3.63) is 46.5 Å². The number of benzene rings is 1. The molecule has 0 aliphatic heterocycles. The Balaban J connectivity index is 1.76. The predicted octanol–water partition coefficient (Wildman–Crippen LogP) is 3.78. The number of aromatic nitrogens is 2. The molecule has 1 N–H and O–H groups in total. The summed E-state index contributed by atoms with van der Waals surface area (Å²) in [6.45, 7) is 9.61. The lowest BCUT2D eigenvalue weighted by Gasteiger charge is -2.13. The van der Waals surface area contributed by atoms with Gasteiger partial charge in [0.2, 0.25) is 11.6 Å². The summed E-state index contributed by atoms with van der Waals surface area (Å²) in [5, 5.41) is 3.62. The standard InChI is InChI=1S/C19H21N3O3/c1-10-6-11(2)17(12(3)7-10)22-15(23)8-24-18-16-13(4)14(5)25-19(16)21-9-20-18/h6-7,9H,8H2,1-5H3,(H,22,23). The zero-order valence-electron chi connectivity index (χ0n) is 15.1. The van der Waals surface area contributed by atoms with E-state index in [1.54, 1.807) is 0 Å². The van der Waals surface area contributed by atoms with Gasteiger partial charge in [0.15, 0.2) is 6.61 Å². The molecule has 3 aromatic rings. The van der Waals surface area contributed by atoms with Gasteiger partial charge < -0.3 is 14.5 Å². The Hall–Kier alpha value is -2.89. The molecular formula is C19H21N3O3. The summed E-state index contributed by atoms with van der Waals surface area (Å²) in [4.78, 5) is 20.5. The van der Waals surface area contributed by atoms with E-state index in [9.17, 15) is 4.79 Å². The fourth-order valence-electron chi connectivity index (χ4n) is 2.95. The van der Waals surface area contributed by atoms with Crippen LogP contribution in [-0.2, 0) is 4.79 Å². The van der Waals surface area contributed by atoms with Gasteiger partial charge in [-0.25, -0.2) is 9.97 Å². The van der Waals surface area contributed by atoms with Gasteiger partial charge in [-0.2, -0.15) is 0 Å². The highest BCUT2D eigenvalue weighted by molar-refractivity contribution is 5.94. The zero-order valence-corrected chi connectivity index (χ0v) is 15.1. The van der Waals surface area contributed by atoms with Gasteiger partial charge in [-0.15, -0.1) is 0 Å². The lowest BCUT2D eigenvalue weighted by Crippen LogP contribution is -2.21. The number of rotatable bonds is 4. The van der Waals surface area contributed by atoms with Gasteiger partial charge in [0.25, 0.3) is 5.91 Å². The summed E-state index contributed by atoms with van der Waals surface area (Å²) in [5.41, 5.74) is 5.41. The van der Waals surface area contributed by atoms with E-state index >= 15 is 0 Å². The van der Waals surface area contributed by atoms with Crippen molar-refractivity contribution in [2.24, 2.45) is 0 Å². The Morgan fingerprint density at radius 3 is 2.48 bits per heavy atom. The molecule has 2 aromatic heterocycles. The average Bonchev–Trinajstić information content (AvgIpc) is 2.84. The number of nitrogens with zero attached hydrogens (tertiary/aromatic N) is 2. The summed E-state index contributed by atoms with van der Waals surface area (Å²) in [6.07, 6.45) is 1.37. The van der Waals surface area contributed by atoms with Crippen molar-refractivity contribution in [3.63, 3.8) is 0 Å². The molecule has 0 saturated heterocycles. The number of carbonyl (C=O) groups is 1. The Labute approximate surface area is 146 Å². The second-order valence-corrected chi connectivity index (χ2v) is 6.25. The Kier molecular flexibility index (Phi) is 4.44. The molecule has 130 valence electrons. The monoisotopic (exact) mass is 339 g/mol. The number of hydrogen-bond acceptors (Lipinski definition) is 5. The summed E-state index contributed by atoms with van der Waals surface area (Å²) < 4.78 is 11.2. The van der Waals surface area contributed by atoms with Crippen LogP contribution in [0.1, 0.15) is 28.0 Å². The second-order valence-electron chi connectivity index (χ2n) is 6.25. The number of nitrogens with one attached hydrogen (secondary N) is 1. The van der Waals surface area contributed by atoms with E-state index in [0.29, 0.717) is 17.0 Å². The van der Waals surface area contributed by atoms with Gasteiger partial charge in [0, 0.05) is 11.3 Å². The Morgan fingerprint density at radius 1 is 1.12 bits per heavy atom. The highest BCUT2D eigenvalue weighted by atomic mass is 16.5. The van der Waals surface area contributed by atoms with E-state index in [1.165, 1.54) is 11.9 Å². The lowest BCUT2D eigenvalue weighted by molar-refractivity contribution is -0.118. The number of hydrogen-bond donors (Lipinski definition) is 1. The van der Waals surface area contributed by atoms with Crippen LogP contribution in [0.2, 0.25) is 0 Å². The normalized spacial score (nSPS) is 10.9. The van der Waals surface area contributed by atoms with Crippen LogP contribution in [0.4, 0.5) is 5.69 Å². The maximum absolute atomic E-state index is 12.3. The highest BCUT2D eigenvalue weighted by Gasteiger charge is 2.16. The number of furan rings is 1. The summed E-state index contributed by atoms with van der Waals surface area (Å²) >= 11 is 0. The SMILES string of the molecule is Cc1cc(C)c(NC(=O)COc2ncnc3oc(C)c(C)c23)c(C)c1. The van der Waals surface area contributed by atoms with Crippen LogP contribution in [0.5, 0.6) is 5.88 Å². The maximum atomic E-state index is 12.3. The Morgan fingerprint density at radius 2 is 1.80 bits per heavy atom. The molecular weight excluding hydrogens is 318 g/mol. The minimum Gasteiger partial charge on any atom is -0.467 e. The molecule has 0 aliphatic carbocycles. The molecule has 6 heteroatoms. The van der Waals surface area contributed by atoms with E-state index in [1.807, 2.05) is 46.8 Å². The van der Waals surface area contributed by atoms with Crippen LogP contribution in [-0.4, -0.2) is 22.5 Å². The fourth-order valence-corrected chi connectivity index (χ4v) is 2.95. The topological polar surface area (TPSA) is 77.2 Å². The van der Waals surface area contributed by atoms with E-state index in [4.69, 9.17) is 9.15 Å². The molecule has 0 atom stereocenters. The molecule has 2 heterocycles. The number of aryl methyl sites for hydroxylation is 5. The number of ether oxygens (including phenoxy) is 1. The summed E-state index contributed by atoms with van der Waals surface area (Å²) in [5.74, 6) is 0.877. The first-order valence-electron chi connectivity index (χ1n) is 8.08. The molecule has 0 spiro atoms. The van der Waals surface area contributed by atoms with Gasteiger partial charge in [0.1, 0.15) is 17.5 Å². The van der Waals surface area contributed by atoms with Crippen LogP contribution in [0, 0.1) is 34.6 Å². The molecule has 0 bridgehead atoms. The van der Waals surface area contributed by atoms with E-state index in [2.05, 4.69) is 15.3 Å². The number of fused-ring (bicyclic) bond motifs is 1. The third kappa shape index (κ3) is 3.33. The van der Waals surface area contributed by atoms with Gasteiger partial charge in [-0.3, -0.25) is 4.79 Å². The number of carbonyl (C=O) groups excluding carboxylic acids is 1. The van der Waals surface area contributed by atoms with E-state index < -0.39 is 0 Å². The van der Waals surface area contributed by atoms with E-state index in [0.717, 1.165) is 28.1 Å². The molecule has 3 rings (SSSR count). The molecule has 25 heavy (non-hydrogen) atoms. The minimum atomic E-state index is -0.236. The van der Waals surface area contributed by atoms with Crippen molar-refractivity contribution in [1.29, 1.82) is 0 Å². The minimum absolute atomic E-state index is 0.136. The molecule has 1 aromatic carbocycles. The van der Waals surface area contributed by atoms with Gasteiger partial charge in [-0.05, 0) is 45.7 Å². The molecule has 6 nitrogen and oxygen atoms in total. The molecule has 0 radical (unpaired) electrons. The quantitative estimate of drug-likeness (QED) is 0.782. The molecule has 0 fully saturated rings. The van der Waals surface area contributed by atoms with Gasteiger partial charge in [-0.1, -0.05) is 17.7 Å². The van der Waals surface area contributed by atoms with Crippen LogP contribution >= 0.6 is 0 Å². The van der Waals surface area contributed by atoms with Crippen molar-refractivity contribution in [3.8, 4) is 5.88 Å². The third-order valence-electron chi connectivity index (χ3n) is 4.21. The van der Waals surface area contributed by atoms with E-state index in [-0.39, 0.29) is 12.5 Å². The molecule has 1 amide bonds. The zero-order chi connectivity index (χ0) is 18.1. The van der Waals surface area contributed by atoms with Crippen molar-refractivity contribution in [1.82, 2.24) is 9.97 Å². The predicted molar refractivity (Wildman–Crippen MR) is 96.1 cm³/mol. The van der Waals surface area contributed by atoms with Crippen LogP contribution in [0.25, 0.3) is 11.1 Å². The maximum Gasteiger partial charge on any atom is 0.262 e.